The topological polar surface area (TPSA) is 72.3 Å². The first-order chi connectivity index (χ1) is 7.07. The Labute approximate surface area is 96.0 Å². The molecule has 5 heteroatoms. The molecule has 15 heavy (non-hydrogen) atoms. The minimum Gasteiger partial charge on any atom is -0.392 e. The van der Waals surface area contributed by atoms with Crippen LogP contribution in [0.25, 0.3) is 0 Å². The van der Waals surface area contributed by atoms with Gasteiger partial charge in [0.1, 0.15) is 0 Å². The van der Waals surface area contributed by atoms with E-state index in [-0.39, 0.29) is 18.0 Å². The molecule has 1 aliphatic rings. The van der Waals surface area contributed by atoms with Crippen LogP contribution in [-0.2, 0) is 4.79 Å². The Balaban J connectivity index is 2.78. The van der Waals surface area contributed by atoms with Crippen LogP contribution in [0.5, 0.6) is 0 Å². The van der Waals surface area contributed by atoms with E-state index in [0.29, 0.717) is 4.99 Å². The standard InChI is InChI=1S/C10H19N3OS/c1-2-7(10(12)15)13-6-4-3-5-8(13)9(11)14/h7-8H,2-6H2,1H3,(H2,11,14)(H2,12,15). The van der Waals surface area contributed by atoms with Crippen LogP contribution in [0.4, 0.5) is 0 Å². The third-order valence-corrected chi connectivity index (χ3v) is 3.26. The number of nitrogens with two attached hydrogens (primary N) is 2. The molecular weight excluding hydrogens is 210 g/mol. The van der Waals surface area contributed by atoms with Gasteiger partial charge in [-0.1, -0.05) is 25.6 Å². The normalized spacial score (nSPS) is 24.7. The number of nitrogens with zero attached hydrogens (tertiary/aromatic N) is 1. The monoisotopic (exact) mass is 229 g/mol. The quantitative estimate of drug-likeness (QED) is 0.684. The minimum absolute atomic E-state index is 0.0119. The maximum absolute atomic E-state index is 11.3. The fraction of sp³-hybridized carbons (Fsp3) is 0.800. The van der Waals surface area contributed by atoms with Gasteiger partial charge >= 0.3 is 0 Å². The molecule has 0 bridgehead atoms. The molecule has 1 fully saturated rings. The molecule has 86 valence electrons. The van der Waals surface area contributed by atoms with Gasteiger partial charge in [-0.2, -0.15) is 0 Å². The lowest BCUT2D eigenvalue weighted by Crippen LogP contribution is -2.55. The SMILES string of the molecule is CCC(C(N)=S)N1CCCCC1C(N)=O. The van der Waals surface area contributed by atoms with E-state index in [2.05, 4.69) is 4.90 Å². The largest absolute Gasteiger partial charge is 0.392 e. The lowest BCUT2D eigenvalue weighted by atomic mass is 9.98. The summed E-state index contributed by atoms with van der Waals surface area (Å²) < 4.78 is 0. The molecule has 2 atom stereocenters. The Kier molecular flexibility index (Phi) is 4.47. The first-order valence-electron chi connectivity index (χ1n) is 5.42. The number of carbonyl (C=O) groups excluding carboxylic acids is 1. The number of primary amides is 1. The van der Waals surface area contributed by atoms with Crippen molar-refractivity contribution in [1.82, 2.24) is 4.90 Å². The highest BCUT2D eigenvalue weighted by atomic mass is 32.1. The summed E-state index contributed by atoms with van der Waals surface area (Å²) in [6, 6.07) is -0.178. The predicted molar refractivity (Wildman–Crippen MR) is 64.4 cm³/mol. The van der Waals surface area contributed by atoms with Crippen molar-refractivity contribution in [2.45, 2.75) is 44.7 Å². The summed E-state index contributed by atoms with van der Waals surface area (Å²) in [5.41, 5.74) is 11.1. The van der Waals surface area contributed by atoms with Gasteiger partial charge in [0.15, 0.2) is 0 Å². The van der Waals surface area contributed by atoms with E-state index in [1.54, 1.807) is 0 Å². The second-order valence-electron chi connectivity index (χ2n) is 3.98. The Hall–Kier alpha value is -0.680. The number of carbonyl (C=O) groups is 1. The van der Waals surface area contributed by atoms with Gasteiger partial charge in [-0.25, -0.2) is 0 Å². The molecule has 0 saturated carbocycles. The summed E-state index contributed by atoms with van der Waals surface area (Å²) in [4.78, 5) is 13.8. The third kappa shape index (κ3) is 2.89. The summed E-state index contributed by atoms with van der Waals surface area (Å²) in [5, 5.41) is 0. The maximum atomic E-state index is 11.3. The van der Waals surface area contributed by atoms with Crippen LogP contribution in [0.2, 0.25) is 0 Å². The Morgan fingerprint density at radius 3 is 2.67 bits per heavy atom. The van der Waals surface area contributed by atoms with Crippen molar-refractivity contribution in [2.24, 2.45) is 11.5 Å². The number of rotatable bonds is 4. The lowest BCUT2D eigenvalue weighted by Gasteiger charge is -2.38. The van der Waals surface area contributed by atoms with Crippen molar-refractivity contribution in [3.63, 3.8) is 0 Å². The maximum Gasteiger partial charge on any atom is 0.234 e. The average Bonchev–Trinajstić information content (AvgIpc) is 2.18. The molecule has 2 unspecified atom stereocenters. The molecule has 0 spiro atoms. The molecule has 4 N–H and O–H groups in total. The van der Waals surface area contributed by atoms with Gasteiger partial charge in [0.05, 0.1) is 17.1 Å². The molecule has 1 saturated heterocycles. The zero-order valence-electron chi connectivity index (χ0n) is 9.11. The zero-order valence-corrected chi connectivity index (χ0v) is 9.93. The van der Waals surface area contributed by atoms with E-state index in [1.807, 2.05) is 6.92 Å². The predicted octanol–water partition coefficient (Wildman–Crippen LogP) is 0.391. The van der Waals surface area contributed by atoms with Crippen LogP contribution in [0.1, 0.15) is 32.6 Å². The van der Waals surface area contributed by atoms with Crippen molar-refractivity contribution in [1.29, 1.82) is 0 Å². The van der Waals surface area contributed by atoms with E-state index in [4.69, 9.17) is 23.7 Å². The highest BCUT2D eigenvalue weighted by Gasteiger charge is 2.32. The molecule has 0 radical (unpaired) electrons. The van der Waals surface area contributed by atoms with Crippen LogP contribution >= 0.6 is 12.2 Å². The van der Waals surface area contributed by atoms with Crippen molar-refractivity contribution in [3.05, 3.63) is 0 Å². The van der Waals surface area contributed by atoms with Crippen molar-refractivity contribution < 1.29 is 4.79 Å². The van der Waals surface area contributed by atoms with Crippen LogP contribution in [-0.4, -0.2) is 34.4 Å². The minimum atomic E-state index is -0.260. The van der Waals surface area contributed by atoms with E-state index in [0.717, 1.165) is 32.2 Å². The van der Waals surface area contributed by atoms with Gasteiger partial charge < -0.3 is 11.5 Å². The number of hydrogen-bond donors (Lipinski definition) is 2. The molecule has 0 aliphatic carbocycles. The molecule has 0 aromatic carbocycles. The summed E-state index contributed by atoms with van der Waals surface area (Å²) in [6.45, 7) is 2.89. The second-order valence-corrected chi connectivity index (χ2v) is 4.45. The highest BCUT2D eigenvalue weighted by Crippen LogP contribution is 2.21. The van der Waals surface area contributed by atoms with Gasteiger partial charge in [-0.3, -0.25) is 9.69 Å². The van der Waals surface area contributed by atoms with E-state index in [1.165, 1.54) is 0 Å². The van der Waals surface area contributed by atoms with Crippen molar-refractivity contribution in [2.75, 3.05) is 6.54 Å². The van der Waals surface area contributed by atoms with Gasteiger partial charge in [-0.05, 0) is 25.8 Å². The summed E-state index contributed by atoms with van der Waals surface area (Å²) in [6.07, 6.45) is 3.80. The fourth-order valence-corrected chi connectivity index (χ4v) is 2.53. The van der Waals surface area contributed by atoms with Crippen molar-refractivity contribution >= 4 is 23.1 Å². The van der Waals surface area contributed by atoms with Gasteiger partial charge in [-0.15, -0.1) is 0 Å². The van der Waals surface area contributed by atoms with Gasteiger partial charge in [0, 0.05) is 0 Å². The van der Waals surface area contributed by atoms with Gasteiger partial charge in [0.2, 0.25) is 5.91 Å². The van der Waals surface area contributed by atoms with Crippen LogP contribution in [0, 0.1) is 0 Å². The smallest absolute Gasteiger partial charge is 0.234 e. The highest BCUT2D eigenvalue weighted by molar-refractivity contribution is 7.80. The number of likely N-dealkylation sites (tertiary alicyclic amines) is 1. The van der Waals surface area contributed by atoms with E-state index in [9.17, 15) is 4.79 Å². The Morgan fingerprint density at radius 2 is 2.20 bits per heavy atom. The molecule has 1 amide bonds. The molecule has 1 heterocycles. The first-order valence-corrected chi connectivity index (χ1v) is 5.83. The van der Waals surface area contributed by atoms with Crippen molar-refractivity contribution in [3.8, 4) is 0 Å². The average molecular weight is 229 g/mol. The molecule has 0 aromatic heterocycles. The number of hydrogen-bond acceptors (Lipinski definition) is 3. The van der Waals surface area contributed by atoms with E-state index >= 15 is 0 Å². The molecule has 0 aromatic rings. The number of thiocarbonyl (C=S) groups is 1. The van der Waals surface area contributed by atoms with Crippen LogP contribution in [0.3, 0.4) is 0 Å². The number of amides is 1. The van der Waals surface area contributed by atoms with Crippen LogP contribution in [0.15, 0.2) is 0 Å². The van der Waals surface area contributed by atoms with E-state index < -0.39 is 0 Å². The summed E-state index contributed by atoms with van der Waals surface area (Å²) >= 11 is 5.02. The van der Waals surface area contributed by atoms with Gasteiger partial charge in [0.25, 0.3) is 0 Å². The third-order valence-electron chi connectivity index (χ3n) is 2.99. The zero-order chi connectivity index (χ0) is 11.4. The molecule has 4 nitrogen and oxygen atoms in total. The second kappa shape index (κ2) is 5.42. The molecular formula is C10H19N3OS. The number of piperidine rings is 1. The lowest BCUT2D eigenvalue weighted by molar-refractivity contribution is -0.124. The molecule has 1 rings (SSSR count). The first kappa shape index (κ1) is 12.4. The van der Waals surface area contributed by atoms with Crippen LogP contribution < -0.4 is 11.5 Å². The summed E-state index contributed by atoms with van der Waals surface area (Å²) in [7, 11) is 0. The summed E-state index contributed by atoms with van der Waals surface area (Å²) in [5.74, 6) is -0.260. The molecule has 1 aliphatic heterocycles. The fourth-order valence-electron chi connectivity index (χ4n) is 2.23. The Morgan fingerprint density at radius 1 is 1.53 bits per heavy atom. The Bertz CT molecular complexity index is 241.